The average molecular weight is 956 g/mol. The van der Waals surface area contributed by atoms with Crippen molar-refractivity contribution in [2.24, 2.45) is 5.73 Å². The highest BCUT2D eigenvalue weighted by molar-refractivity contribution is 7.47. The Hall–Kier alpha value is -1.25. The number of rotatable bonds is 55. The van der Waals surface area contributed by atoms with Crippen LogP contribution in [0.1, 0.15) is 303 Å². The standard InChI is InChI=1S/C56H110NO8P/c1-3-5-7-9-11-13-15-17-19-21-23-24-25-26-27-28-29-31-32-34-36-38-40-42-44-46-48-55(58)62-52-54(53-64-66(60,61)63-51-50-57)65-56(59)49-47-45-43-41-39-37-35-33-30-22-20-18-16-14-12-10-8-6-4-2/h18,20,54H,3-17,19,21-53,57H2,1-2H3,(H,60,61)/b20-18-. The molecule has 0 rings (SSSR count). The van der Waals surface area contributed by atoms with Crippen molar-refractivity contribution >= 4 is 19.8 Å². The van der Waals surface area contributed by atoms with E-state index in [9.17, 15) is 19.0 Å². The van der Waals surface area contributed by atoms with Crippen LogP contribution in [0.5, 0.6) is 0 Å². The van der Waals surface area contributed by atoms with E-state index in [-0.39, 0.29) is 38.6 Å². The lowest BCUT2D eigenvalue weighted by Crippen LogP contribution is -2.29. The van der Waals surface area contributed by atoms with E-state index < -0.39 is 26.5 Å². The maximum absolute atomic E-state index is 12.7. The number of carbonyl (C=O) groups is 2. The van der Waals surface area contributed by atoms with Gasteiger partial charge in [0.05, 0.1) is 13.2 Å². The number of unbranched alkanes of at least 4 members (excludes halogenated alkanes) is 40. The van der Waals surface area contributed by atoms with E-state index in [1.54, 1.807) is 0 Å². The topological polar surface area (TPSA) is 134 Å². The predicted molar refractivity (Wildman–Crippen MR) is 280 cm³/mol. The van der Waals surface area contributed by atoms with Crippen LogP contribution in [0.4, 0.5) is 0 Å². The van der Waals surface area contributed by atoms with Crippen LogP contribution in [0.15, 0.2) is 12.2 Å². The van der Waals surface area contributed by atoms with Crippen LogP contribution >= 0.6 is 7.82 Å². The van der Waals surface area contributed by atoms with Crippen LogP contribution < -0.4 is 5.73 Å². The van der Waals surface area contributed by atoms with Gasteiger partial charge in [-0.05, 0) is 38.5 Å². The number of phosphoric ester groups is 1. The summed E-state index contributed by atoms with van der Waals surface area (Å²) in [5.74, 6) is -0.811. The van der Waals surface area contributed by atoms with Gasteiger partial charge in [-0.3, -0.25) is 18.6 Å². The van der Waals surface area contributed by atoms with Gasteiger partial charge < -0.3 is 20.1 Å². The van der Waals surface area contributed by atoms with Crippen molar-refractivity contribution in [3.63, 3.8) is 0 Å². The van der Waals surface area contributed by atoms with E-state index >= 15 is 0 Å². The molecule has 66 heavy (non-hydrogen) atoms. The zero-order valence-corrected chi connectivity index (χ0v) is 44.6. The summed E-state index contributed by atoms with van der Waals surface area (Å²) in [4.78, 5) is 35.1. The molecular weight excluding hydrogens is 846 g/mol. The highest BCUT2D eigenvalue weighted by atomic mass is 31.2. The number of allylic oxidation sites excluding steroid dienone is 2. The molecule has 0 aromatic heterocycles. The Bertz CT molecular complexity index is 1090. The summed E-state index contributed by atoms with van der Waals surface area (Å²) in [7, 11) is -4.38. The molecule has 0 spiro atoms. The zero-order valence-electron chi connectivity index (χ0n) is 43.7. The van der Waals surface area contributed by atoms with Crippen molar-refractivity contribution in [3.8, 4) is 0 Å². The van der Waals surface area contributed by atoms with Gasteiger partial charge in [0.1, 0.15) is 6.61 Å². The molecule has 0 aliphatic carbocycles. The second-order valence-electron chi connectivity index (χ2n) is 19.5. The summed E-state index contributed by atoms with van der Waals surface area (Å²) >= 11 is 0. The molecule has 0 aliphatic rings. The lowest BCUT2D eigenvalue weighted by molar-refractivity contribution is -0.161. The Morgan fingerprint density at radius 1 is 0.439 bits per heavy atom. The monoisotopic (exact) mass is 956 g/mol. The number of esters is 2. The van der Waals surface area contributed by atoms with Crippen molar-refractivity contribution < 1.29 is 37.6 Å². The second-order valence-corrected chi connectivity index (χ2v) is 21.0. The fraction of sp³-hybridized carbons (Fsp3) is 0.929. The number of nitrogens with two attached hydrogens (primary N) is 1. The predicted octanol–water partition coefficient (Wildman–Crippen LogP) is 17.7. The summed E-state index contributed by atoms with van der Waals surface area (Å²) in [6.45, 7) is 3.80. The maximum atomic E-state index is 12.7. The highest BCUT2D eigenvalue weighted by Gasteiger charge is 2.26. The third kappa shape index (κ3) is 52.1. The zero-order chi connectivity index (χ0) is 48.1. The second kappa shape index (κ2) is 53.1. The van der Waals surface area contributed by atoms with Gasteiger partial charge >= 0.3 is 19.8 Å². The van der Waals surface area contributed by atoms with Crippen LogP contribution in [0, 0.1) is 0 Å². The Morgan fingerprint density at radius 3 is 1.08 bits per heavy atom. The highest BCUT2D eigenvalue weighted by Crippen LogP contribution is 2.43. The van der Waals surface area contributed by atoms with Gasteiger partial charge in [-0.2, -0.15) is 0 Å². The van der Waals surface area contributed by atoms with Crippen molar-refractivity contribution in [1.82, 2.24) is 0 Å². The van der Waals surface area contributed by atoms with Crippen LogP contribution in [-0.2, 0) is 32.7 Å². The van der Waals surface area contributed by atoms with Crippen molar-refractivity contribution in [1.29, 1.82) is 0 Å². The molecule has 0 aliphatic heterocycles. The van der Waals surface area contributed by atoms with Gasteiger partial charge in [0.2, 0.25) is 0 Å². The largest absolute Gasteiger partial charge is 0.472 e. The van der Waals surface area contributed by atoms with E-state index in [0.717, 1.165) is 38.5 Å². The molecule has 0 bridgehead atoms. The van der Waals surface area contributed by atoms with Crippen LogP contribution in [0.3, 0.4) is 0 Å². The quantitative estimate of drug-likeness (QED) is 0.0264. The molecule has 9 nitrogen and oxygen atoms in total. The van der Waals surface area contributed by atoms with Gasteiger partial charge in [-0.15, -0.1) is 0 Å². The van der Waals surface area contributed by atoms with Gasteiger partial charge in [0.15, 0.2) is 6.10 Å². The van der Waals surface area contributed by atoms with Crippen molar-refractivity contribution in [2.45, 2.75) is 309 Å². The molecule has 392 valence electrons. The number of phosphoric acid groups is 1. The minimum atomic E-state index is -4.38. The van der Waals surface area contributed by atoms with Gasteiger partial charge in [0, 0.05) is 19.4 Å². The third-order valence-corrected chi connectivity index (χ3v) is 13.9. The fourth-order valence-electron chi connectivity index (χ4n) is 8.63. The number of ether oxygens (including phenoxy) is 2. The summed E-state index contributed by atoms with van der Waals surface area (Å²) in [6.07, 6.45) is 59.8. The molecule has 0 aromatic carbocycles. The molecule has 2 unspecified atom stereocenters. The lowest BCUT2D eigenvalue weighted by atomic mass is 10.0. The van der Waals surface area contributed by atoms with Crippen LogP contribution in [0.25, 0.3) is 0 Å². The molecule has 0 heterocycles. The van der Waals surface area contributed by atoms with Crippen molar-refractivity contribution in [3.05, 3.63) is 12.2 Å². The average Bonchev–Trinajstić information content (AvgIpc) is 3.31. The fourth-order valence-corrected chi connectivity index (χ4v) is 9.40. The molecule has 0 amide bonds. The molecule has 0 fully saturated rings. The van der Waals surface area contributed by atoms with E-state index in [4.69, 9.17) is 24.3 Å². The van der Waals surface area contributed by atoms with Gasteiger partial charge in [-0.1, -0.05) is 264 Å². The normalized spacial score (nSPS) is 13.1. The Labute approximate surface area is 409 Å². The number of hydrogen-bond acceptors (Lipinski definition) is 8. The first-order valence-electron chi connectivity index (χ1n) is 28.7. The van der Waals surface area contributed by atoms with Crippen LogP contribution in [0.2, 0.25) is 0 Å². The molecule has 3 N–H and O–H groups in total. The first-order valence-corrected chi connectivity index (χ1v) is 30.2. The van der Waals surface area contributed by atoms with E-state index in [2.05, 4.69) is 26.0 Å². The van der Waals surface area contributed by atoms with Crippen molar-refractivity contribution in [2.75, 3.05) is 26.4 Å². The SMILES string of the molecule is CCCCCCCC/C=C\CCCCCCCCCCCC(=O)OC(COC(=O)CCCCCCCCCCCCCCCCCCCCCCCCCCCC)COP(=O)(O)OCCN. The summed E-state index contributed by atoms with van der Waals surface area (Å²) in [6, 6.07) is 0. The summed E-state index contributed by atoms with van der Waals surface area (Å²) < 4.78 is 33.0. The molecular formula is C56H110NO8P. The molecule has 0 saturated heterocycles. The van der Waals surface area contributed by atoms with E-state index in [1.165, 1.54) is 231 Å². The van der Waals surface area contributed by atoms with Gasteiger partial charge in [0.25, 0.3) is 0 Å². The lowest BCUT2D eigenvalue weighted by Gasteiger charge is -2.19. The van der Waals surface area contributed by atoms with E-state index in [1.807, 2.05) is 0 Å². The van der Waals surface area contributed by atoms with Gasteiger partial charge in [-0.25, -0.2) is 4.57 Å². The number of hydrogen-bond donors (Lipinski definition) is 2. The molecule has 0 radical (unpaired) electrons. The van der Waals surface area contributed by atoms with Crippen LogP contribution in [-0.4, -0.2) is 49.3 Å². The first-order chi connectivity index (χ1) is 32.3. The summed E-state index contributed by atoms with van der Waals surface area (Å²) in [5, 5.41) is 0. The third-order valence-electron chi connectivity index (χ3n) is 12.9. The number of carbonyl (C=O) groups excluding carboxylic acids is 2. The molecule has 0 aromatic rings. The minimum absolute atomic E-state index is 0.0564. The summed E-state index contributed by atoms with van der Waals surface area (Å²) in [5.41, 5.74) is 5.38. The molecule has 10 heteroatoms. The Kier molecular flexibility index (Phi) is 52.1. The maximum Gasteiger partial charge on any atom is 0.472 e. The Balaban J connectivity index is 3.91. The first kappa shape index (κ1) is 64.8. The molecule has 2 atom stereocenters. The van der Waals surface area contributed by atoms with E-state index in [0.29, 0.717) is 6.42 Å². The Morgan fingerprint density at radius 2 is 0.742 bits per heavy atom. The minimum Gasteiger partial charge on any atom is -0.462 e. The molecule has 0 saturated carbocycles. The smallest absolute Gasteiger partial charge is 0.462 e.